The lowest BCUT2D eigenvalue weighted by atomic mass is 10.1. The second-order valence-corrected chi connectivity index (χ2v) is 3.94. The van der Waals surface area contributed by atoms with Crippen molar-refractivity contribution in [2.75, 3.05) is 6.61 Å². The van der Waals surface area contributed by atoms with Crippen LogP contribution in [0.15, 0.2) is 16.8 Å². The Bertz CT molecular complexity index is 228. The first kappa shape index (κ1) is 8.79. The van der Waals surface area contributed by atoms with Crippen LogP contribution in [0.1, 0.15) is 32.6 Å². The lowest BCUT2D eigenvalue weighted by molar-refractivity contribution is 0.216. The number of dihydropyridines is 1. The largest absolute Gasteiger partial charge is 0.492 e. The van der Waals surface area contributed by atoms with E-state index < -0.39 is 0 Å². The van der Waals surface area contributed by atoms with E-state index in [1.54, 1.807) is 0 Å². The van der Waals surface area contributed by atoms with Crippen molar-refractivity contribution in [1.29, 1.82) is 0 Å². The van der Waals surface area contributed by atoms with Crippen molar-refractivity contribution in [3.8, 4) is 0 Å². The Kier molecular flexibility index (Phi) is 2.67. The predicted molar refractivity (Wildman–Crippen MR) is 53.9 cm³/mol. The van der Waals surface area contributed by atoms with E-state index >= 15 is 0 Å². The van der Waals surface area contributed by atoms with Gasteiger partial charge in [0.25, 0.3) is 0 Å². The van der Waals surface area contributed by atoms with Gasteiger partial charge in [0.15, 0.2) is 0 Å². The molecule has 2 nitrogen and oxygen atoms in total. The zero-order chi connectivity index (χ0) is 9.10. The molecule has 0 N–H and O–H groups in total. The minimum atomic E-state index is 0.494. The smallest absolute Gasteiger partial charge is 0.133 e. The van der Waals surface area contributed by atoms with E-state index in [1.165, 1.54) is 12.8 Å². The van der Waals surface area contributed by atoms with Crippen molar-refractivity contribution in [3.63, 3.8) is 0 Å². The van der Waals surface area contributed by atoms with E-state index in [0.29, 0.717) is 6.04 Å². The van der Waals surface area contributed by atoms with Crippen LogP contribution in [-0.2, 0) is 4.74 Å². The molecule has 72 valence electrons. The van der Waals surface area contributed by atoms with Gasteiger partial charge >= 0.3 is 0 Å². The molecule has 13 heavy (non-hydrogen) atoms. The molecular formula is C11H17NO. The maximum Gasteiger partial charge on any atom is 0.133 e. The van der Waals surface area contributed by atoms with Gasteiger partial charge in [0, 0.05) is 0 Å². The molecule has 0 aromatic carbocycles. The maximum atomic E-state index is 5.61. The Hall–Kier alpha value is -0.790. The minimum Gasteiger partial charge on any atom is -0.492 e. The second kappa shape index (κ2) is 3.95. The molecule has 0 bridgehead atoms. The van der Waals surface area contributed by atoms with Crippen molar-refractivity contribution < 1.29 is 4.74 Å². The van der Waals surface area contributed by atoms with Gasteiger partial charge in [-0.3, -0.25) is 4.99 Å². The first-order chi connectivity index (χ1) is 6.38. The number of aliphatic imine (C=N–C) groups is 1. The van der Waals surface area contributed by atoms with E-state index in [1.807, 2.05) is 6.21 Å². The summed E-state index contributed by atoms with van der Waals surface area (Å²) >= 11 is 0. The second-order valence-electron chi connectivity index (χ2n) is 3.94. The summed E-state index contributed by atoms with van der Waals surface area (Å²) < 4.78 is 5.61. The summed E-state index contributed by atoms with van der Waals surface area (Å²) in [5.74, 6) is 1.81. The highest BCUT2D eigenvalue weighted by molar-refractivity contribution is 5.76. The molecule has 1 aliphatic heterocycles. The van der Waals surface area contributed by atoms with Crippen LogP contribution < -0.4 is 0 Å². The topological polar surface area (TPSA) is 21.6 Å². The average Bonchev–Trinajstić information content (AvgIpc) is 2.99. The van der Waals surface area contributed by atoms with E-state index in [2.05, 4.69) is 18.0 Å². The van der Waals surface area contributed by atoms with Gasteiger partial charge in [-0.25, -0.2) is 0 Å². The third-order valence-corrected chi connectivity index (χ3v) is 2.66. The Morgan fingerprint density at radius 2 is 2.38 bits per heavy atom. The SMILES string of the molecule is CCC1CC=C(OCC2CC2)C=N1. The van der Waals surface area contributed by atoms with E-state index in [0.717, 1.165) is 31.1 Å². The number of hydrogen-bond acceptors (Lipinski definition) is 2. The van der Waals surface area contributed by atoms with Gasteiger partial charge in [-0.2, -0.15) is 0 Å². The van der Waals surface area contributed by atoms with E-state index in [-0.39, 0.29) is 0 Å². The predicted octanol–water partition coefficient (Wildman–Crippen LogP) is 2.55. The van der Waals surface area contributed by atoms with Crippen molar-refractivity contribution in [2.45, 2.75) is 38.6 Å². The van der Waals surface area contributed by atoms with Crippen LogP contribution in [0.2, 0.25) is 0 Å². The summed E-state index contributed by atoms with van der Waals surface area (Å²) in [4.78, 5) is 4.41. The molecule has 1 aliphatic carbocycles. The molecule has 0 aromatic rings. The summed E-state index contributed by atoms with van der Waals surface area (Å²) in [5.41, 5.74) is 0. The molecule has 1 heterocycles. The molecule has 2 rings (SSSR count). The number of allylic oxidation sites excluding steroid dienone is 1. The van der Waals surface area contributed by atoms with Crippen LogP contribution in [0, 0.1) is 5.92 Å². The average molecular weight is 179 g/mol. The van der Waals surface area contributed by atoms with Gasteiger partial charge < -0.3 is 4.74 Å². The Labute approximate surface area is 79.7 Å². The van der Waals surface area contributed by atoms with Crippen LogP contribution in [0.4, 0.5) is 0 Å². The molecule has 1 saturated carbocycles. The highest BCUT2D eigenvalue weighted by Gasteiger charge is 2.22. The first-order valence-electron chi connectivity index (χ1n) is 5.24. The lowest BCUT2D eigenvalue weighted by Gasteiger charge is -2.14. The monoisotopic (exact) mass is 179 g/mol. The Morgan fingerprint density at radius 3 is 2.92 bits per heavy atom. The van der Waals surface area contributed by atoms with Crippen molar-refractivity contribution in [2.24, 2.45) is 10.9 Å². The molecule has 0 spiro atoms. The third kappa shape index (κ3) is 2.58. The Morgan fingerprint density at radius 1 is 1.54 bits per heavy atom. The van der Waals surface area contributed by atoms with E-state index in [4.69, 9.17) is 4.74 Å². The van der Waals surface area contributed by atoms with Crippen molar-refractivity contribution in [1.82, 2.24) is 0 Å². The normalized spacial score (nSPS) is 27.2. The van der Waals surface area contributed by atoms with Crippen LogP contribution in [0.25, 0.3) is 0 Å². The highest BCUT2D eigenvalue weighted by Crippen LogP contribution is 2.29. The van der Waals surface area contributed by atoms with Crippen LogP contribution in [0.5, 0.6) is 0 Å². The van der Waals surface area contributed by atoms with Gasteiger partial charge in [-0.05, 0) is 37.7 Å². The molecule has 0 amide bonds. The van der Waals surface area contributed by atoms with Crippen molar-refractivity contribution >= 4 is 6.21 Å². The van der Waals surface area contributed by atoms with Gasteiger partial charge in [0.05, 0.1) is 18.9 Å². The summed E-state index contributed by atoms with van der Waals surface area (Å²) in [6, 6.07) is 0.494. The number of nitrogens with zero attached hydrogens (tertiary/aromatic N) is 1. The molecular weight excluding hydrogens is 162 g/mol. The molecule has 2 heteroatoms. The molecule has 2 aliphatic rings. The van der Waals surface area contributed by atoms with E-state index in [9.17, 15) is 0 Å². The zero-order valence-electron chi connectivity index (χ0n) is 8.20. The maximum absolute atomic E-state index is 5.61. The molecule has 0 radical (unpaired) electrons. The van der Waals surface area contributed by atoms with Crippen LogP contribution in [-0.4, -0.2) is 18.9 Å². The van der Waals surface area contributed by atoms with Crippen LogP contribution in [0.3, 0.4) is 0 Å². The summed E-state index contributed by atoms with van der Waals surface area (Å²) in [5, 5.41) is 0. The first-order valence-corrected chi connectivity index (χ1v) is 5.24. The molecule has 1 atom stereocenters. The quantitative estimate of drug-likeness (QED) is 0.650. The fraction of sp³-hybridized carbons (Fsp3) is 0.727. The fourth-order valence-corrected chi connectivity index (χ4v) is 1.41. The molecule has 0 aromatic heterocycles. The number of hydrogen-bond donors (Lipinski definition) is 0. The van der Waals surface area contributed by atoms with Crippen LogP contribution >= 0.6 is 0 Å². The molecule has 1 fully saturated rings. The minimum absolute atomic E-state index is 0.494. The highest BCUT2D eigenvalue weighted by atomic mass is 16.5. The summed E-state index contributed by atoms with van der Waals surface area (Å²) in [6.45, 7) is 3.07. The zero-order valence-corrected chi connectivity index (χ0v) is 8.20. The number of rotatable bonds is 4. The van der Waals surface area contributed by atoms with Gasteiger partial charge in [-0.15, -0.1) is 0 Å². The number of ether oxygens (including phenoxy) is 1. The molecule has 0 saturated heterocycles. The Balaban J connectivity index is 1.74. The third-order valence-electron chi connectivity index (χ3n) is 2.66. The van der Waals surface area contributed by atoms with Gasteiger partial charge in [0.1, 0.15) is 5.76 Å². The van der Waals surface area contributed by atoms with Gasteiger partial charge in [-0.1, -0.05) is 6.92 Å². The summed E-state index contributed by atoms with van der Waals surface area (Å²) in [6.07, 6.45) is 8.93. The van der Waals surface area contributed by atoms with Gasteiger partial charge in [0.2, 0.25) is 0 Å². The lowest BCUT2D eigenvalue weighted by Crippen LogP contribution is -2.09. The molecule has 1 unspecified atom stereocenters. The van der Waals surface area contributed by atoms with Crippen molar-refractivity contribution in [3.05, 3.63) is 11.8 Å². The summed E-state index contributed by atoms with van der Waals surface area (Å²) in [7, 11) is 0. The standard InChI is InChI=1S/C11H17NO/c1-2-10-5-6-11(7-12-10)13-8-9-3-4-9/h6-7,9-10H,2-5,8H2,1H3. The fourth-order valence-electron chi connectivity index (χ4n) is 1.41.